The molecule has 5 aromatic rings. The van der Waals surface area contributed by atoms with Crippen molar-refractivity contribution in [1.29, 1.82) is 0 Å². The summed E-state index contributed by atoms with van der Waals surface area (Å²) < 4.78 is 46.2. The lowest BCUT2D eigenvalue weighted by Crippen LogP contribution is -2.44. The Balaban J connectivity index is 1.67. The summed E-state index contributed by atoms with van der Waals surface area (Å²) in [6.07, 6.45) is -0.889. The Morgan fingerprint density at radius 2 is 1.20 bits per heavy atom. The van der Waals surface area contributed by atoms with Crippen molar-refractivity contribution in [2.75, 3.05) is 0 Å². The van der Waals surface area contributed by atoms with Crippen LogP contribution in [0.2, 0.25) is 0 Å². The fraction of sp³-hybridized carbons (Fsp3) is 0. The van der Waals surface area contributed by atoms with Crippen LogP contribution in [0.25, 0.3) is 21.5 Å². The first-order valence-corrected chi connectivity index (χ1v) is 11.1. The molecule has 11 heteroatoms. The lowest BCUT2D eigenvalue weighted by molar-refractivity contribution is 0.627. The molecule has 8 rings (SSSR count). The zero-order chi connectivity index (χ0) is 23.6. The molecule has 166 valence electrons. The third-order valence-corrected chi connectivity index (χ3v) is 6.97. The second-order valence-electron chi connectivity index (χ2n) is 8.51. The van der Waals surface area contributed by atoms with Crippen molar-refractivity contribution in [2.24, 2.45) is 20.0 Å². The van der Waals surface area contributed by atoms with E-state index < -0.39 is 23.8 Å². The lowest BCUT2D eigenvalue weighted by Gasteiger charge is -2.18. The van der Waals surface area contributed by atoms with Gasteiger partial charge in [0.2, 0.25) is 0 Å². The Labute approximate surface area is 199 Å². The summed E-state index contributed by atoms with van der Waals surface area (Å²) in [7, 11) is 0. The van der Waals surface area contributed by atoms with Crippen molar-refractivity contribution in [3.8, 4) is 0 Å². The van der Waals surface area contributed by atoms with Crippen LogP contribution in [0.1, 0.15) is 11.1 Å². The zero-order valence-electron chi connectivity index (χ0n) is 17.5. The molecule has 3 aliphatic rings. The molecule has 5 heterocycles. The molecule has 3 aromatic carbocycles. The minimum absolute atomic E-state index is 0.259. The van der Waals surface area contributed by atoms with Crippen molar-refractivity contribution in [3.05, 3.63) is 94.2 Å². The fourth-order valence-electron chi connectivity index (χ4n) is 5.08. The highest BCUT2D eigenvalue weighted by Crippen LogP contribution is 2.41. The van der Waals surface area contributed by atoms with Gasteiger partial charge in [-0.2, -0.15) is 0 Å². The number of benzene rings is 3. The maximum atomic E-state index is 14.3. The quantitative estimate of drug-likeness (QED) is 0.293. The molecule has 0 amide bonds. The minimum atomic E-state index is -0.889. The van der Waals surface area contributed by atoms with E-state index in [9.17, 15) is 13.2 Å². The molecule has 0 spiro atoms. The second-order valence-corrected chi connectivity index (χ2v) is 8.90. The van der Waals surface area contributed by atoms with Crippen molar-refractivity contribution >= 4 is 62.7 Å². The molecule has 0 N–H and O–H groups in total. The smallest absolute Gasteiger partial charge is 0.319 e. The highest BCUT2D eigenvalue weighted by Gasteiger charge is 2.35. The molecule has 0 aliphatic carbocycles. The van der Waals surface area contributed by atoms with Crippen LogP contribution in [-0.2, 0) is 0 Å². The van der Waals surface area contributed by atoms with Crippen molar-refractivity contribution in [3.63, 3.8) is 0 Å². The molecule has 35 heavy (non-hydrogen) atoms. The molecule has 0 saturated heterocycles. The van der Waals surface area contributed by atoms with E-state index in [0.29, 0.717) is 61.1 Å². The number of rotatable bonds is 0. The van der Waals surface area contributed by atoms with Crippen LogP contribution in [0, 0.1) is 17.5 Å². The predicted octanol–water partition coefficient (Wildman–Crippen LogP) is 4.37. The Kier molecular flexibility index (Phi) is 3.44. The number of aromatic nitrogens is 2. The molecule has 6 nitrogen and oxygen atoms in total. The number of nitrogens with zero attached hydrogens (tertiary/aromatic N) is 6. The number of hydrogen-bond acceptors (Lipinski definition) is 4. The maximum absolute atomic E-state index is 14.3. The average molecular weight is 485 g/mol. The molecule has 0 saturated carbocycles. The van der Waals surface area contributed by atoms with Crippen molar-refractivity contribution < 1.29 is 13.2 Å². The molecule has 4 bridgehead atoms. The first-order valence-electron chi connectivity index (χ1n) is 10.7. The topological polar surface area (TPSA) is 59.3 Å². The maximum Gasteiger partial charge on any atom is 0.499 e. The summed E-state index contributed by atoms with van der Waals surface area (Å²) in [6, 6.07) is 12.9. The van der Waals surface area contributed by atoms with Crippen LogP contribution in [0.15, 0.2) is 74.6 Å². The average Bonchev–Trinajstić information content (AvgIpc) is 3.43. The minimum Gasteiger partial charge on any atom is -0.319 e. The van der Waals surface area contributed by atoms with Gasteiger partial charge in [-0.25, -0.2) is 33.1 Å². The first kappa shape index (κ1) is 19.2. The molecule has 0 fully saturated rings. The molecule has 0 unspecified atom stereocenters. The molecule has 2 aromatic heterocycles. The van der Waals surface area contributed by atoms with E-state index in [4.69, 9.17) is 26.4 Å². The van der Waals surface area contributed by atoms with E-state index in [2.05, 4.69) is 4.99 Å². The van der Waals surface area contributed by atoms with Gasteiger partial charge in [-0.15, -0.1) is 11.5 Å². The number of fused-ring (bicyclic) bond motifs is 10. The van der Waals surface area contributed by atoms with Gasteiger partial charge in [0.1, 0.15) is 40.1 Å². The van der Waals surface area contributed by atoms with E-state index in [-0.39, 0.29) is 5.84 Å². The molecule has 0 radical (unpaired) electrons. The third-order valence-electron chi connectivity index (χ3n) is 6.58. The van der Waals surface area contributed by atoms with Gasteiger partial charge >= 0.3 is 6.40 Å². The van der Waals surface area contributed by atoms with Crippen LogP contribution < -0.4 is 11.0 Å². The molecule has 0 atom stereocenters. The van der Waals surface area contributed by atoms with Crippen LogP contribution in [-0.4, -0.2) is 27.0 Å². The Hall–Kier alpha value is -4.18. The van der Waals surface area contributed by atoms with Crippen molar-refractivity contribution in [2.45, 2.75) is 0 Å². The summed E-state index contributed by atoms with van der Waals surface area (Å²) in [6.45, 7) is 0. The summed E-state index contributed by atoms with van der Waals surface area (Å²) >= 11 is 7.05. The number of halogens is 4. The van der Waals surface area contributed by atoms with E-state index >= 15 is 0 Å². The van der Waals surface area contributed by atoms with Gasteiger partial charge < -0.3 is 8.96 Å². The van der Waals surface area contributed by atoms with Gasteiger partial charge in [-0.3, -0.25) is 0 Å². The van der Waals surface area contributed by atoms with E-state index in [0.717, 1.165) is 0 Å². The fourth-order valence-corrected chi connectivity index (χ4v) is 5.45. The highest BCUT2D eigenvalue weighted by atomic mass is 35.5. The number of aliphatic imine (C=N–C) groups is 2. The van der Waals surface area contributed by atoms with E-state index in [1.807, 2.05) is 0 Å². The van der Waals surface area contributed by atoms with E-state index in [1.54, 1.807) is 27.2 Å². The highest BCUT2D eigenvalue weighted by molar-refractivity contribution is 7.05. The summed E-state index contributed by atoms with van der Waals surface area (Å²) in [4.78, 5) is 19.0. The van der Waals surface area contributed by atoms with Crippen molar-refractivity contribution in [1.82, 2.24) is 8.96 Å². The molecular weight excluding hydrogens is 476 g/mol. The van der Waals surface area contributed by atoms with Gasteiger partial charge in [0.25, 0.3) is 0 Å². The number of hydrogen-bond donors (Lipinski definition) is 0. The van der Waals surface area contributed by atoms with Gasteiger partial charge in [-0.1, -0.05) is 0 Å². The summed E-state index contributed by atoms with van der Waals surface area (Å²) in [5.41, 5.74) is 1.90. The number of amidine groups is 2. The van der Waals surface area contributed by atoms with Gasteiger partial charge in [-0.05, 0) is 54.6 Å². The lowest BCUT2D eigenvalue weighted by atomic mass is 10.1. The summed E-state index contributed by atoms with van der Waals surface area (Å²) in [5, 5.41) is 2.22. The standard InChI is InChI=1S/C24H9BClF3N6/c26-25-34-21-14-5-2-11(28)8-17(14)23(34)33-24-18-9-12(29)3-6-15(18)22(35(24)25)32-20-16-7-10(27)1-4-13(16)19(30-20)31-21/h1-9H. The largest absolute Gasteiger partial charge is 0.499 e. The SMILES string of the molecule is Fc1ccc2c(c1)C1=Nc3c4ccc(F)cc4c4n3B(Cl)n3c(c5ccc(F)cc5c3=N4)=NC2=N1. The van der Waals surface area contributed by atoms with Gasteiger partial charge in [0.05, 0.1) is 0 Å². The van der Waals surface area contributed by atoms with Crippen LogP contribution in [0.3, 0.4) is 0 Å². The zero-order valence-corrected chi connectivity index (χ0v) is 18.2. The van der Waals surface area contributed by atoms with Crippen LogP contribution in [0.4, 0.5) is 24.8 Å². The van der Waals surface area contributed by atoms with Crippen LogP contribution >= 0.6 is 11.5 Å². The third kappa shape index (κ3) is 2.36. The predicted molar refractivity (Wildman–Crippen MR) is 127 cm³/mol. The first-order chi connectivity index (χ1) is 17.0. The van der Waals surface area contributed by atoms with E-state index in [1.165, 1.54) is 36.4 Å². The Morgan fingerprint density at radius 1 is 0.571 bits per heavy atom. The van der Waals surface area contributed by atoms with Gasteiger partial charge in [0, 0.05) is 32.7 Å². The summed E-state index contributed by atoms with van der Waals surface area (Å²) in [5.74, 6) is 0.0411. The second kappa shape index (κ2) is 6.28. The molecular formula is C24H9BClF3N6. The normalized spacial score (nSPS) is 15.0. The molecule has 3 aliphatic heterocycles. The van der Waals surface area contributed by atoms with Crippen LogP contribution in [0.5, 0.6) is 0 Å². The Bertz CT molecular complexity index is 2020. The Morgan fingerprint density at radius 3 is 2.03 bits per heavy atom. The monoisotopic (exact) mass is 484 g/mol. The van der Waals surface area contributed by atoms with Gasteiger partial charge in [0.15, 0.2) is 11.7 Å².